The van der Waals surface area contributed by atoms with Crippen molar-refractivity contribution in [3.63, 3.8) is 0 Å². The van der Waals surface area contributed by atoms with Crippen LogP contribution in [-0.4, -0.2) is 50.2 Å². The smallest absolute Gasteiger partial charge is 0.327 e. The number of nitrogens with zero attached hydrogens (tertiary/aromatic N) is 1. The third-order valence-corrected chi connectivity index (χ3v) is 2.26. The lowest BCUT2D eigenvalue weighted by molar-refractivity contribution is -0.166. The Hall–Kier alpha value is -0.940. The van der Waals surface area contributed by atoms with Crippen LogP contribution in [0.2, 0.25) is 0 Å². The van der Waals surface area contributed by atoms with Crippen LogP contribution in [0.4, 0.5) is 0 Å². The monoisotopic (exact) mass is 215 g/mol. The van der Waals surface area contributed by atoms with Gasteiger partial charge in [-0.25, -0.2) is 0 Å². The van der Waals surface area contributed by atoms with E-state index < -0.39 is 11.9 Å². The van der Waals surface area contributed by atoms with Gasteiger partial charge in [0.25, 0.3) is 0 Å². The fourth-order valence-electron chi connectivity index (χ4n) is 1.53. The summed E-state index contributed by atoms with van der Waals surface area (Å²) in [5, 5.41) is 0. The average molecular weight is 215 g/mol. The molecule has 1 fully saturated rings. The van der Waals surface area contributed by atoms with Crippen molar-refractivity contribution < 1.29 is 19.1 Å². The topological polar surface area (TPSA) is 55.8 Å². The van der Waals surface area contributed by atoms with Gasteiger partial charge in [-0.2, -0.15) is 0 Å². The highest BCUT2D eigenvalue weighted by atomic mass is 16.6. The summed E-state index contributed by atoms with van der Waals surface area (Å²) in [5.41, 5.74) is 0. The summed E-state index contributed by atoms with van der Waals surface area (Å²) in [5.74, 6) is -0.883. The SMILES string of the molecule is COCCCCCN1CC(=O)OC(=O)C1. The summed E-state index contributed by atoms with van der Waals surface area (Å²) in [7, 11) is 1.68. The molecule has 0 radical (unpaired) electrons. The maximum absolute atomic E-state index is 10.9. The molecule has 0 aliphatic carbocycles. The molecule has 0 bridgehead atoms. The number of hydrogen-bond donors (Lipinski definition) is 0. The Morgan fingerprint density at radius 1 is 1.20 bits per heavy atom. The largest absolute Gasteiger partial charge is 0.391 e. The zero-order valence-corrected chi connectivity index (χ0v) is 9.03. The van der Waals surface area contributed by atoms with Gasteiger partial charge in [0.05, 0.1) is 13.1 Å². The lowest BCUT2D eigenvalue weighted by atomic mass is 10.2. The van der Waals surface area contributed by atoms with E-state index >= 15 is 0 Å². The Labute approximate surface area is 89.3 Å². The van der Waals surface area contributed by atoms with Crippen LogP contribution in [0.25, 0.3) is 0 Å². The molecule has 1 rings (SSSR count). The van der Waals surface area contributed by atoms with E-state index in [9.17, 15) is 9.59 Å². The van der Waals surface area contributed by atoms with E-state index in [0.717, 1.165) is 32.4 Å². The van der Waals surface area contributed by atoms with E-state index in [4.69, 9.17) is 4.74 Å². The number of cyclic esters (lactones) is 2. The predicted molar refractivity (Wildman–Crippen MR) is 53.3 cm³/mol. The van der Waals surface area contributed by atoms with E-state index in [0.29, 0.717) is 0 Å². The maximum atomic E-state index is 10.9. The minimum absolute atomic E-state index is 0.232. The quantitative estimate of drug-likeness (QED) is 0.359. The van der Waals surface area contributed by atoms with Crippen molar-refractivity contribution in [1.82, 2.24) is 4.90 Å². The van der Waals surface area contributed by atoms with Gasteiger partial charge < -0.3 is 9.47 Å². The first-order valence-corrected chi connectivity index (χ1v) is 5.17. The summed E-state index contributed by atoms with van der Waals surface area (Å²) in [6, 6.07) is 0. The van der Waals surface area contributed by atoms with Gasteiger partial charge in [0.1, 0.15) is 0 Å². The van der Waals surface area contributed by atoms with E-state index in [-0.39, 0.29) is 13.1 Å². The van der Waals surface area contributed by atoms with Crippen molar-refractivity contribution in [2.24, 2.45) is 0 Å². The minimum Gasteiger partial charge on any atom is -0.391 e. The van der Waals surface area contributed by atoms with Gasteiger partial charge in [-0.15, -0.1) is 0 Å². The molecular weight excluding hydrogens is 198 g/mol. The first-order valence-electron chi connectivity index (χ1n) is 5.17. The Kier molecular flexibility index (Phi) is 5.28. The second kappa shape index (κ2) is 6.53. The van der Waals surface area contributed by atoms with Crippen LogP contribution in [0.15, 0.2) is 0 Å². The predicted octanol–water partition coefficient (Wildman–Crippen LogP) is 0.188. The lowest BCUT2D eigenvalue weighted by Gasteiger charge is -2.23. The van der Waals surface area contributed by atoms with Crippen molar-refractivity contribution in [3.05, 3.63) is 0 Å². The number of carbonyl (C=O) groups excluding carboxylic acids is 2. The molecule has 1 heterocycles. The van der Waals surface area contributed by atoms with Gasteiger partial charge >= 0.3 is 11.9 Å². The summed E-state index contributed by atoms with van der Waals surface area (Å²) >= 11 is 0. The van der Waals surface area contributed by atoms with E-state index in [1.807, 2.05) is 4.90 Å². The van der Waals surface area contributed by atoms with Gasteiger partial charge in [-0.3, -0.25) is 14.5 Å². The Morgan fingerprint density at radius 2 is 1.87 bits per heavy atom. The second-order valence-corrected chi connectivity index (χ2v) is 3.61. The number of rotatable bonds is 6. The van der Waals surface area contributed by atoms with Gasteiger partial charge in [0, 0.05) is 13.7 Å². The maximum Gasteiger partial charge on any atom is 0.327 e. The molecule has 0 N–H and O–H groups in total. The molecule has 5 heteroatoms. The highest BCUT2D eigenvalue weighted by Gasteiger charge is 2.23. The Morgan fingerprint density at radius 3 is 2.47 bits per heavy atom. The molecule has 86 valence electrons. The molecular formula is C10H17NO4. The number of carbonyl (C=O) groups is 2. The van der Waals surface area contributed by atoms with Gasteiger partial charge in [0.2, 0.25) is 0 Å². The number of ether oxygens (including phenoxy) is 2. The molecule has 1 aliphatic heterocycles. The number of methoxy groups -OCH3 is 1. The van der Waals surface area contributed by atoms with Crippen molar-refractivity contribution in [2.45, 2.75) is 19.3 Å². The molecule has 0 unspecified atom stereocenters. The molecule has 0 spiro atoms. The van der Waals surface area contributed by atoms with E-state index in [1.54, 1.807) is 7.11 Å². The number of esters is 2. The average Bonchev–Trinajstić information content (AvgIpc) is 2.16. The number of hydrogen-bond acceptors (Lipinski definition) is 5. The fourth-order valence-corrected chi connectivity index (χ4v) is 1.53. The number of morpholine rings is 1. The normalized spacial score (nSPS) is 17.9. The van der Waals surface area contributed by atoms with Gasteiger partial charge in [-0.05, 0) is 25.8 Å². The standard InChI is InChI=1S/C10H17NO4/c1-14-6-4-2-3-5-11-7-9(12)15-10(13)8-11/h2-8H2,1H3. The minimum atomic E-state index is -0.442. The molecule has 1 aliphatic rings. The molecule has 0 aromatic rings. The van der Waals surface area contributed by atoms with Crippen molar-refractivity contribution >= 4 is 11.9 Å². The summed E-state index contributed by atoms with van der Waals surface area (Å²) in [6.45, 7) is 2.00. The third-order valence-electron chi connectivity index (χ3n) is 2.26. The zero-order chi connectivity index (χ0) is 11.1. The summed E-state index contributed by atoms with van der Waals surface area (Å²) < 4.78 is 9.35. The van der Waals surface area contributed by atoms with Crippen LogP contribution in [0.1, 0.15) is 19.3 Å². The molecule has 0 amide bonds. The van der Waals surface area contributed by atoms with Gasteiger partial charge in [0.15, 0.2) is 0 Å². The second-order valence-electron chi connectivity index (χ2n) is 3.61. The van der Waals surface area contributed by atoms with Crippen molar-refractivity contribution in [2.75, 3.05) is 33.4 Å². The van der Waals surface area contributed by atoms with E-state index in [1.165, 1.54) is 0 Å². The Bertz CT molecular complexity index is 213. The molecule has 0 aromatic carbocycles. The lowest BCUT2D eigenvalue weighted by Crippen LogP contribution is -2.43. The van der Waals surface area contributed by atoms with Crippen LogP contribution in [0.5, 0.6) is 0 Å². The van der Waals surface area contributed by atoms with Crippen LogP contribution in [0, 0.1) is 0 Å². The molecule has 15 heavy (non-hydrogen) atoms. The van der Waals surface area contributed by atoms with Crippen LogP contribution in [0.3, 0.4) is 0 Å². The molecule has 5 nitrogen and oxygen atoms in total. The highest BCUT2D eigenvalue weighted by Crippen LogP contribution is 2.03. The van der Waals surface area contributed by atoms with Crippen LogP contribution >= 0.6 is 0 Å². The van der Waals surface area contributed by atoms with E-state index in [2.05, 4.69) is 4.74 Å². The summed E-state index contributed by atoms with van der Waals surface area (Å²) in [4.78, 5) is 23.6. The summed E-state index contributed by atoms with van der Waals surface area (Å²) in [6.07, 6.45) is 3.04. The first-order chi connectivity index (χ1) is 7.22. The van der Waals surface area contributed by atoms with Crippen LogP contribution < -0.4 is 0 Å². The van der Waals surface area contributed by atoms with Crippen molar-refractivity contribution in [1.29, 1.82) is 0 Å². The third kappa shape index (κ3) is 4.90. The first kappa shape index (κ1) is 12.1. The molecule has 0 atom stereocenters. The Balaban J connectivity index is 2.10. The fraction of sp³-hybridized carbons (Fsp3) is 0.800. The molecule has 1 saturated heterocycles. The highest BCUT2D eigenvalue weighted by molar-refractivity contribution is 5.90. The molecule has 0 saturated carbocycles. The van der Waals surface area contributed by atoms with Gasteiger partial charge in [-0.1, -0.05) is 0 Å². The van der Waals surface area contributed by atoms with Crippen LogP contribution in [-0.2, 0) is 19.1 Å². The van der Waals surface area contributed by atoms with Crippen molar-refractivity contribution in [3.8, 4) is 0 Å². The molecule has 0 aromatic heterocycles. The number of unbranched alkanes of at least 4 members (excludes halogenated alkanes) is 2. The zero-order valence-electron chi connectivity index (χ0n) is 9.03.